The van der Waals surface area contributed by atoms with Crippen molar-refractivity contribution in [3.05, 3.63) is 87.1 Å². The highest BCUT2D eigenvalue weighted by molar-refractivity contribution is 5.93. The zero-order valence-electron chi connectivity index (χ0n) is 18.6. The number of hydrogen-bond acceptors (Lipinski definition) is 3. The lowest BCUT2D eigenvalue weighted by Crippen LogP contribution is -2.29. The first kappa shape index (κ1) is 21.5. The SMILES string of the molecule is CCc1cccc(C)c1NC(=O)Cn1c(=O)cc(C)c2c(C)nn(-c3cccc(F)c3)c21. The predicted octanol–water partition coefficient (Wildman–Crippen LogP) is 4.45. The van der Waals surface area contributed by atoms with Gasteiger partial charge >= 0.3 is 0 Å². The third kappa shape index (κ3) is 3.82. The fourth-order valence-electron chi connectivity index (χ4n) is 4.13. The third-order valence-corrected chi connectivity index (χ3v) is 5.65. The molecule has 0 unspecified atom stereocenters. The number of rotatable bonds is 5. The molecule has 7 heteroatoms. The molecule has 32 heavy (non-hydrogen) atoms. The van der Waals surface area contributed by atoms with Gasteiger partial charge in [0.2, 0.25) is 5.91 Å². The van der Waals surface area contributed by atoms with Crippen LogP contribution in [0.1, 0.15) is 29.3 Å². The number of para-hydroxylation sites is 1. The molecule has 2 heterocycles. The minimum Gasteiger partial charge on any atom is -0.324 e. The number of nitrogens with zero attached hydrogens (tertiary/aromatic N) is 3. The van der Waals surface area contributed by atoms with Gasteiger partial charge in [0.15, 0.2) is 0 Å². The summed E-state index contributed by atoms with van der Waals surface area (Å²) < 4.78 is 16.8. The quantitative estimate of drug-likeness (QED) is 0.507. The van der Waals surface area contributed by atoms with Crippen LogP contribution in [0, 0.1) is 26.6 Å². The summed E-state index contributed by atoms with van der Waals surface area (Å²) >= 11 is 0. The average molecular weight is 432 g/mol. The fourth-order valence-corrected chi connectivity index (χ4v) is 4.13. The van der Waals surface area contributed by atoms with Crippen molar-refractivity contribution in [2.45, 2.75) is 40.7 Å². The van der Waals surface area contributed by atoms with Crippen molar-refractivity contribution >= 4 is 22.6 Å². The van der Waals surface area contributed by atoms with Crippen LogP contribution in [0.25, 0.3) is 16.7 Å². The Balaban J connectivity index is 1.83. The Labute approximate surface area is 185 Å². The van der Waals surface area contributed by atoms with E-state index in [4.69, 9.17) is 0 Å². The van der Waals surface area contributed by atoms with Crippen molar-refractivity contribution in [2.24, 2.45) is 0 Å². The van der Waals surface area contributed by atoms with Crippen LogP contribution in [0.4, 0.5) is 10.1 Å². The van der Waals surface area contributed by atoms with Gasteiger partial charge in [-0.15, -0.1) is 0 Å². The molecule has 0 aliphatic rings. The number of carbonyl (C=O) groups is 1. The molecule has 164 valence electrons. The first-order valence-electron chi connectivity index (χ1n) is 10.5. The molecule has 4 aromatic rings. The van der Waals surface area contributed by atoms with E-state index in [-0.39, 0.29) is 18.0 Å². The van der Waals surface area contributed by atoms with Crippen LogP contribution in [0.15, 0.2) is 53.3 Å². The zero-order valence-corrected chi connectivity index (χ0v) is 18.6. The summed E-state index contributed by atoms with van der Waals surface area (Å²) in [7, 11) is 0. The Kier molecular flexibility index (Phi) is 5.65. The van der Waals surface area contributed by atoms with Crippen molar-refractivity contribution in [1.29, 1.82) is 0 Å². The smallest absolute Gasteiger partial charge is 0.252 e. The molecule has 0 fully saturated rings. The van der Waals surface area contributed by atoms with E-state index in [0.29, 0.717) is 17.0 Å². The van der Waals surface area contributed by atoms with E-state index in [0.717, 1.165) is 34.2 Å². The lowest BCUT2D eigenvalue weighted by atomic mass is 10.1. The number of benzene rings is 2. The van der Waals surface area contributed by atoms with E-state index in [2.05, 4.69) is 10.4 Å². The lowest BCUT2D eigenvalue weighted by molar-refractivity contribution is -0.116. The number of aryl methyl sites for hydroxylation is 4. The normalized spacial score (nSPS) is 11.2. The highest BCUT2D eigenvalue weighted by Crippen LogP contribution is 2.25. The first-order valence-corrected chi connectivity index (χ1v) is 10.5. The molecule has 1 N–H and O–H groups in total. The van der Waals surface area contributed by atoms with E-state index in [1.807, 2.05) is 45.9 Å². The second-order valence-electron chi connectivity index (χ2n) is 7.94. The van der Waals surface area contributed by atoms with E-state index >= 15 is 0 Å². The van der Waals surface area contributed by atoms with Gasteiger partial charge in [-0.3, -0.25) is 14.2 Å². The maximum atomic E-state index is 13.9. The Morgan fingerprint density at radius 3 is 2.53 bits per heavy atom. The van der Waals surface area contributed by atoms with Crippen molar-refractivity contribution in [1.82, 2.24) is 14.3 Å². The Morgan fingerprint density at radius 2 is 1.81 bits per heavy atom. The van der Waals surface area contributed by atoms with Gasteiger partial charge in [-0.25, -0.2) is 9.07 Å². The van der Waals surface area contributed by atoms with Gasteiger partial charge in [0, 0.05) is 17.1 Å². The third-order valence-electron chi connectivity index (χ3n) is 5.65. The van der Waals surface area contributed by atoms with Crippen molar-refractivity contribution in [3.63, 3.8) is 0 Å². The van der Waals surface area contributed by atoms with E-state index in [1.54, 1.807) is 12.1 Å². The maximum Gasteiger partial charge on any atom is 0.252 e. The molecule has 0 atom stereocenters. The Hall–Kier alpha value is -3.74. The predicted molar refractivity (Wildman–Crippen MR) is 124 cm³/mol. The lowest BCUT2D eigenvalue weighted by Gasteiger charge is -2.15. The molecule has 0 saturated heterocycles. The molecular weight excluding hydrogens is 407 g/mol. The molecule has 0 bridgehead atoms. The Morgan fingerprint density at radius 1 is 1.06 bits per heavy atom. The summed E-state index contributed by atoms with van der Waals surface area (Å²) in [4.78, 5) is 26.0. The number of aromatic nitrogens is 3. The molecule has 0 aliphatic carbocycles. The molecule has 6 nitrogen and oxygen atoms in total. The van der Waals surface area contributed by atoms with Crippen LogP contribution >= 0.6 is 0 Å². The van der Waals surface area contributed by atoms with Crippen LogP contribution in [-0.4, -0.2) is 20.3 Å². The van der Waals surface area contributed by atoms with Gasteiger partial charge in [-0.1, -0.05) is 31.2 Å². The highest BCUT2D eigenvalue weighted by atomic mass is 19.1. The highest BCUT2D eigenvalue weighted by Gasteiger charge is 2.19. The summed E-state index contributed by atoms with van der Waals surface area (Å²) in [5, 5.41) is 8.30. The number of carbonyl (C=O) groups excluding carboxylic acids is 1. The van der Waals surface area contributed by atoms with E-state index in [1.165, 1.54) is 27.4 Å². The van der Waals surface area contributed by atoms with Crippen LogP contribution in [0.2, 0.25) is 0 Å². The van der Waals surface area contributed by atoms with Crippen LogP contribution in [0.3, 0.4) is 0 Å². The summed E-state index contributed by atoms with van der Waals surface area (Å²) in [6, 6.07) is 13.4. The topological polar surface area (TPSA) is 68.9 Å². The van der Waals surface area contributed by atoms with Crippen LogP contribution in [0.5, 0.6) is 0 Å². The van der Waals surface area contributed by atoms with Crippen molar-refractivity contribution in [3.8, 4) is 5.69 Å². The van der Waals surface area contributed by atoms with Crippen LogP contribution < -0.4 is 10.9 Å². The number of hydrogen-bond donors (Lipinski definition) is 1. The maximum absolute atomic E-state index is 13.9. The number of amides is 1. The first-order chi connectivity index (χ1) is 15.3. The van der Waals surface area contributed by atoms with Gasteiger partial charge < -0.3 is 5.32 Å². The molecular formula is C25H25FN4O2. The second kappa shape index (κ2) is 8.42. The summed E-state index contributed by atoms with van der Waals surface area (Å²) in [6.45, 7) is 7.44. The fraction of sp³-hybridized carbons (Fsp3) is 0.240. The minimum atomic E-state index is -0.408. The van der Waals surface area contributed by atoms with Gasteiger partial charge in [-0.05, 0) is 62.1 Å². The number of halogens is 1. The summed E-state index contributed by atoms with van der Waals surface area (Å²) in [5.74, 6) is -0.722. The molecule has 1 amide bonds. The van der Waals surface area contributed by atoms with Crippen LogP contribution in [-0.2, 0) is 17.8 Å². The number of fused-ring (bicyclic) bond motifs is 1. The largest absolute Gasteiger partial charge is 0.324 e. The summed E-state index contributed by atoms with van der Waals surface area (Å²) in [6.07, 6.45) is 0.775. The molecule has 2 aromatic carbocycles. The average Bonchev–Trinajstić information content (AvgIpc) is 3.10. The van der Waals surface area contributed by atoms with Crippen molar-refractivity contribution < 1.29 is 9.18 Å². The number of pyridine rings is 1. The van der Waals surface area contributed by atoms with Gasteiger partial charge in [-0.2, -0.15) is 5.10 Å². The molecule has 0 saturated carbocycles. The number of anilines is 1. The molecule has 4 rings (SSSR count). The van der Waals surface area contributed by atoms with E-state index < -0.39 is 5.82 Å². The van der Waals surface area contributed by atoms with Gasteiger partial charge in [0.25, 0.3) is 5.56 Å². The second-order valence-corrected chi connectivity index (χ2v) is 7.94. The molecule has 0 spiro atoms. The monoisotopic (exact) mass is 432 g/mol. The van der Waals surface area contributed by atoms with E-state index in [9.17, 15) is 14.0 Å². The molecule has 0 aliphatic heterocycles. The van der Waals surface area contributed by atoms with Gasteiger partial charge in [0.1, 0.15) is 18.0 Å². The van der Waals surface area contributed by atoms with Gasteiger partial charge in [0.05, 0.1) is 11.4 Å². The summed E-state index contributed by atoms with van der Waals surface area (Å²) in [5.41, 5.74) is 4.84. The standard InChI is InChI=1S/C25H25FN4O2/c1-5-18-9-6-8-15(2)24(18)27-21(31)14-29-22(32)12-16(3)23-17(4)28-30(25(23)29)20-11-7-10-19(26)13-20/h6-13H,5,14H2,1-4H3,(H,27,31). The number of nitrogens with one attached hydrogen (secondary N) is 1. The molecule has 2 aromatic heterocycles. The Bertz CT molecular complexity index is 1400. The zero-order chi connectivity index (χ0) is 23.0. The minimum absolute atomic E-state index is 0.187. The molecule has 0 radical (unpaired) electrons. The van der Waals surface area contributed by atoms with Crippen molar-refractivity contribution in [2.75, 3.05) is 5.32 Å².